The van der Waals surface area contributed by atoms with E-state index in [1.807, 2.05) is 0 Å². The van der Waals surface area contributed by atoms with Crippen LogP contribution >= 0.6 is 11.3 Å². The minimum Gasteiger partial charge on any atom is -0.296 e. The van der Waals surface area contributed by atoms with Gasteiger partial charge >= 0.3 is 0 Å². The molecule has 0 spiro atoms. The largest absolute Gasteiger partial charge is 0.296 e. The maximum absolute atomic E-state index is 13.3. The number of hydrogen-bond donors (Lipinski definition) is 2. The van der Waals surface area contributed by atoms with Crippen LogP contribution in [0.5, 0.6) is 0 Å². The monoisotopic (exact) mass is 366 g/mol. The summed E-state index contributed by atoms with van der Waals surface area (Å²) >= 11 is 1.22. The Kier molecular flexibility index (Phi) is 4.02. The second kappa shape index (κ2) is 6.49. The third-order valence-corrected chi connectivity index (χ3v) is 4.51. The molecule has 0 radical (unpaired) electrons. The van der Waals surface area contributed by atoms with Crippen molar-refractivity contribution in [2.75, 3.05) is 5.32 Å². The molecule has 0 aliphatic rings. The summed E-state index contributed by atoms with van der Waals surface area (Å²) in [5, 5.41) is 11.8. The number of halogens is 1. The first kappa shape index (κ1) is 16.1. The molecular formula is C18H11FN4O2S. The first-order valence-corrected chi connectivity index (χ1v) is 8.50. The van der Waals surface area contributed by atoms with E-state index in [9.17, 15) is 14.0 Å². The maximum atomic E-state index is 13.3. The minimum atomic E-state index is -0.488. The number of rotatable bonds is 3. The number of thiazole rings is 1. The average molecular weight is 366 g/mol. The second-order valence-electron chi connectivity index (χ2n) is 5.45. The van der Waals surface area contributed by atoms with Gasteiger partial charge < -0.3 is 0 Å². The van der Waals surface area contributed by atoms with E-state index in [1.165, 1.54) is 23.5 Å². The highest BCUT2D eigenvalue weighted by molar-refractivity contribution is 7.14. The van der Waals surface area contributed by atoms with Crippen molar-refractivity contribution in [3.63, 3.8) is 0 Å². The van der Waals surface area contributed by atoms with Gasteiger partial charge in [0.15, 0.2) is 10.8 Å². The molecule has 4 rings (SSSR count). The van der Waals surface area contributed by atoms with Crippen LogP contribution in [-0.2, 0) is 0 Å². The molecule has 2 heterocycles. The van der Waals surface area contributed by atoms with E-state index >= 15 is 0 Å². The summed E-state index contributed by atoms with van der Waals surface area (Å²) in [6, 6.07) is 12.8. The minimum absolute atomic E-state index is 0.0997. The molecule has 0 fully saturated rings. The predicted molar refractivity (Wildman–Crippen MR) is 97.8 cm³/mol. The lowest BCUT2D eigenvalue weighted by molar-refractivity contribution is 0.102. The number of anilines is 1. The first-order chi connectivity index (χ1) is 12.6. The quantitative estimate of drug-likeness (QED) is 0.581. The van der Waals surface area contributed by atoms with Crippen molar-refractivity contribution in [3.8, 4) is 11.3 Å². The molecular weight excluding hydrogens is 355 g/mol. The smallest absolute Gasteiger partial charge is 0.278 e. The summed E-state index contributed by atoms with van der Waals surface area (Å²) in [7, 11) is 0. The van der Waals surface area contributed by atoms with Gasteiger partial charge in [0.25, 0.3) is 11.5 Å². The topological polar surface area (TPSA) is 87.7 Å². The number of amides is 1. The Balaban J connectivity index is 1.64. The summed E-state index contributed by atoms with van der Waals surface area (Å²) in [6.45, 7) is 0. The number of fused-ring (bicyclic) bond motifs is 1. The Labute approximate surface area is 150 Å². The molecule has 128 valence electrons. The van der Waals surface area contributed by atoms with Crippen molar-refractivity contribution < 1.29 is 9.18 Å². The number of nitrogens with zero attached hydrogens (tertiary/aromatic N) is 2. The summed E-state index contributed by atoms with van der Waals surface area (Å²) in [4.78, 5) is 28.7. The molecule has 2 aromatic heterocycles. The fourth-order valence-electron chi connectivity index (χ4n) is 2.56. The Bertz CT molecular complexity index is 1190. The van der Waals surface area contributed by atoms with Crippen molar-refractivity contribution in [3.05, 3.63) is 75.8 Å². The van der Waals surface area contributed by atoms with Gasteiger partial charge in [0.05, 0.1) is 11.1 Å². The van der Waals surface area contributed by atoms with Gasteiger partial charge in [-0.1, -0.05) is 30.3 Å². The Morgan fingerprint density at radius 3 is 2.73 bits per heavy atom. The molecule has 0 aliphatic carbocycles. The van der Waals surface area contributed by atoms with E-state index in [0.29, 0.717) is 27.2 Å². The van der Waals surface area contributed by atoms with E-state index in [4.69, 9.17) is 0 Å². The Hall–Kier alpha value is -3.39. The third-order valence-electron chi connectivity index (χ3n) is 3.76. The molecule has 2 aromatic carbocycles. The van der Waals surface area contributed by atoms with E-state index in [2.05, 4.69) is 20.5 Å². The van der Waals surface area contributed by atoms with Crippen LogP contribution in [0.25, 0.3) is 22.0 Å². The van der Waals surface area contributed by atoms with Crippen LogP contribution in [0.2, 0.25) is 0 Å². The van der Waals surface area contributed by atoms with Gasteiger partial charge in [0, 0.05) is 16.3 Å². The van der Waals surface area contributed by atoms with Crippen LogP contribution in [0.4, 0.5) is 9.52 Å². The van der Waals surface area contributed by atoms with E-state index < -0.39 is 5.91 Å². The van der Waals surface area contributed by atoms with Crippen molar-refractivity contribution in [1.29, 1.82) is 0 Å². The second-order valence-corrected chi connectivity index (χ2v) is 6.31. The van der Waals surface area contributed by atoms with Gasteiger partial charge in [-0.05, 0) is 18.2 Å². The molecule has 0 bridgehead atoms. The fraction of sp³-hybridized carbons (Fsp3) is 0. The van der Waals surface area contributed by atoms with Crippen molar-refractivity contribution in [2.24, 2.45) is 0 Å². The molecule has 4 aromatic rings. The number of nitrogens with one attached hydrogen (secondary N) is 2. The van der Waals surface area contributed by atoms with Crippen LogP contribution in [0.1, 0.15) is 10.5 Å². The van der Waals surface area contributed by atoms with E-state index in [-0.39, 0.29) is 17.1 Å². The average Bonchev–Trinajstić information content (AvgIpc) is 3.11. The molecule has 26 heavy (non-hydrogen) atoms. The highest BCUT2D eigenvalue weighted by atomic mass is 32.1. The lowest BCUT2D eigenvalue weighted by atomic mass is 10.1. The lowest BCUT2D eigenvalue weighted by Crippen LogP contribution is -2.19. The van der Waals surface area contributed by atoms with Crippen molar-refractivity contribution >= 4 is 33.1 Å². The summed E-state index contributed by atoms with van der Waals surface area (Å²) in [5.41, 5.74) is 0.918. The fourth-order valence-corrected chi connectivity index (χ4v) is 3.27. The zero-order valence-corrected chi connectivity index (χ0v) is 14.0. The van der Waals surface area contributed by atoms with Crippen LogP contribution in [0.15, 0.2) is 58.7 Å². The molecule has 8 heteroatoms. The number of H-pyrrole nitrogens is 1. The number of aromatic amines is 1. The van der Waals surface area contributed by atoms with Gasteiger partial charge in [-0.3, -0.25) is 14.9 Å². The normalized spacial score (nSPS) is 10.8. The number of carbonyl (C=O) groups is 1. The summed E-state index contributed by atoms with van der Waals surface area (Å²) in [6.07, 6.45) is 0. The highest BCUT2D eigenvalue weighted by Gasteiger charge is 2.16. The third kappa shape index (κ3) is 2.98. The molecule has 0 saturated heterocycles. The molecule has 1 amide bonds. The summed E-state index contributed by atoms with van der Waals surface area (Å²) in [5.74, 6) is -0.845. The Morgan fingerprint density at radius 1 is 1.12 bits per heavy atom. The van der Waals surface area contributed by atoms with Gasteiger partial charge in [0.1, 0.15) is 5.82 Å². The zero-order valence-electron chi connectivity index (χ0n) is 13.2. The molecule has 6 nitrogen and oxygen atoms in total. The van der Waals surface area contributed by atoms with E-state index in [1.54, 1.807) is 41.8 Å². The standard InChI is InChI=1S/C18H11FN4O2S/c19-11-5-3-4-10(8-11)14-9-26-18(20-14)21-17(25)15-12-6-1-2-7-13(12)16(24)23-22-15/h1-9H,(H,23,24)(H,20,21,25). The lowest BCUT2D eigenvalue weighted by Gasteiger charge is -2.04. The van der Waals surface area contributed by atoms with E-state index in [0.717, 1.165) is 0 Å². The molecule has 0 unspecified atom stereocenters. The number of hydrogen-bond acceptors (Lipinski definition) is 5. The number of benzene rings is 2. The van der Waals surface area contributed by atoms with Crippen molar-refractivity contribution in [2.45, 2.75) is 0 Å². The predicted octanol–water partition coefficient (Wildman–Crippen LogP) is 3.44. The van der Waals surface area contributed by atoms with Gasteiger partial charge in [-0.15, -0.1) is 11.3 Å². The number of aromatic nitrogens is 3. The van der Waals surface area contributed by atoms with Crippen LogP contribution in [0, 0.1) is 5.82 Å². The Morgan fingerprint density at radius 2 is 1.92 bits per heavy atom. The van der Waals surface area contributed by atoms with Gasteiger partial charge in [-0.2, -0.15) is 5.10 Å². The van der Waals surface area contributed by atoms with Crippen LogP contribution in [0.3, 0.4) is 0 Å². The molecule has 2 N–H and O–H groups in total. The molecule has 0 aliphatic heterocycles. The molecule has 0 saturated carbocycles. The van der Waals surface area contributed by atoms with Crippen LogP contribution < -0.4 is 10.9 Å². The molecule has 0 atom stereocenters. The van der Waals surface area contributed by atoms with Gasteiger partial charge in [-0.25, -0.2) is 14.5 Å². The zero-order chi connectivity index (χ0) is 18.1. The SMILES string of the molecule is O=C(Nc1nc(-c2cccc(F)c2)cs1)c1n[nH]c(=O)c2ccccc12. The van der Waals surface area contributed by atoms with Crippen LogP contribution in [-0.4, -0.2) is 21.1 Å². The first-order valence-electron chi connectivity index (χ1n) is 7.62. The summed E-state index contributed by atoms with van der Waals surface area (Å²) < 4.78 is 13.3. The van der Waals surface area contributed by atoms with Crippen molar-refractivity contribution in [1.82, 2.24) is 15.2 Å². The van der Waals surface area contributed by atoms with Gasteiger partial charge in [0.2, 0.25) is 0 Å². The highest BCUT2D eigenvalue weighted by Crippen LogP contribution is 2.26. The maximum Gasteiger partial charge on any atom is 0.278 e. The number of carbonyl (C=O) groups excluding carboxylic acids is 1.